The van der Waals surface area contributed by atoms with Gasteiger partial charge in [0.2, 0.25) is 0 Å². The first kappa shape index (κ1) is 19.4. The third kappa shape index (κ3) is 4.19. The number of anilines is 1. The summed E-state index contributed by atoms with van der Waals surface area (Å²) < 4.78 is 4.87. The molecular weight excluding hydrogens is 338 g/mol. The summed E-state index contributed by atoms with van der Waals surface area (Å²) in [5.74, 6) is -1.82. The molecule has 1 saturated heterocycles. The number of carbonyl (C=O) groups is 4. The number of urea groups is 1. The first-order chi connectivity index (χ1) is 12.2. The van der Waals surface area contributed by atoms with Gasteiger partial charge in [0.05, 0.1) is 0 Å². The fraction of sp³-hybridized carbons (Fsp3) is 0.444. The topological polar surface area (TPSA) is 105 Å². The first-order valence-electron chi connectivity index (χ1n) is 8.33. The lowest BCUT2D eigenvalue weighted by atomic mass is 9.99. The van der Waals surface area contributed by atoms with Crippen LogP contribution in [0.5, 0.6) is 0 Å². The van der Waals surface area contributed by atoms with E-state index in [-0.39, 0.29) is 0 Å². The molecule has 8 nitrogen and oxygen atoms in total. The molecular formula is C18H23N3O5. The summed E-state index contributed by atoms with van der Waals surface area (Å²) >= 11 is 0. The Morgan fingerprint density at radius 3 is 2.50 bits per heavy atom. The van der Waals surface area contributed by atoms with Crippen LogP contribution in [0.4, 0.5) is 10.5 Å². The second-order valence-corrected chi connectivity index (χ2v) is 6.52. The lowest BCUT2D eigenvalue weighted by molar-refractivity contribution is -0.150. The number of esters is 1. The largest absolute Gasteiger partial charge is 0.454 e. The molecule has 1 heterocycles. The lowest BCUT2D eigenvalue weighted by Crippen LogP contribution is -2.43. The predicted molar refractivity (Wildman–Crippen MR) is 94.4 cm³/mol. The minimum absolute atomic E-state index is 0.404. The van der Waals surface area contributed by atoms with Crippen LogP contribution < -0.4 is 10.6 Å². The molecule has 1 fully saturated rings. The Kier molecular flexibility index (Phi) is 5.64. The summed E-state index contributed by atoms with van der Waals surface area (Å²) in [6, 6.07) is 4.80. The van der Waals surface area contributed by atoms with Gasteiger partial charge in [-0.1, -0.05) is 13.0 Å². The molecule has 2 rings (SSSR count). The average Bonchev–Trinajstić information content (AvgIpc) is 2.80. The van der Waals surface area contributed by atoms with Gasteiger partial charge >= 0.3 is 12.0 Å². The molecule has 2 N–H and O–H groups in total. The highest BCUT2D eigenvalue weighted by Gasteiger charge is 2.47. The van der Waals surface area contributed by atoms with E-state index in [4.69, 9.17) is 4.74 Å². The van der Waals surface area contributed by atoms with Crippen LogP contribution in [-0.2, 0) is 19.1 Å². The molecule has 140 valence electrons. The van der Waals surface area contributed by atoms with E-state index in [2.05, 4.69) is 10.6 Å². The molecule has 0 aliphatic carbocycles. The van der Waals surface area contributed by atoms with Crippen molar-refractivity contribution >= 4 is 29.5 Å². The van der Waals surface area contributed by atoms with Crippen molar-refractivity contribution in [3.63, 3.8) is 0 Å². The number of hydrogen-bond donors (Lipinski definition) is 2. The van der Waals surface area contributed by atoms with E-state index in [1.165, 1.54) is 0 Å². The van der Waals surface area contributed by atoms with Gasteiger partial charge in [0.1, 0.15) is 12.1 Å². The molecule has 0 bridgehead atoms. The van der Waals surface area contributed by atoms with Gasteiger partial charge in [-0.25, -0.2) is 4.79 Å². The number of nitrogens with zero attached hydrogens (tertiary/aromatic N) is 1. The van der Waals surface area contributed by atoms with Crippen molar-refractivity contribution in [3.05, 3.63) is 29.3 Å². The van der Waals surface area contributed by atoms with Crippen LogP contribution in [0, 0.1) is 13.8 Å². The van der Waals surface area contributed by atoms with Crippen LogP contribution in [0.1, 0.15) is 31.4 Å². The lowest BCUT2D eigenvalue weighted by Gasteiger charge is -2.18. The number of amides is 4. The number of ether oxygens (including phenoxy) is 1. The summed E-state index contributed by atoms with van der Waals surface area (Å²) in [6.07, 6.45) is 0.404. The molecule has 1 aliphatic rings. The Labute approximate surface area is 151 Å². The molecule has 1 aliphatic heterocycles. The Morgan fingerprint density at radius 1 is 1.23 bits per heavy atom. The molecule has 1 atom stereocenters. The summed E-state index contributed by atoms with van der Waals surface area (Å²) in [6.45, 7) is 6.21. The van der Waals surface area contributed by atoms with Crippen molar-refractivity contribution in [1.29, 1.82) is 0 Å². The molecule has 0 spiro atoms. The second-order valence-electron chi connectivity index (χ2n) is 6.52. The van der Waals surface area contributed by atoms with Gasteiger partial charge in [0.25, 0.3) is 11.8 Å². The van der Waals surface area contributed by atoms with E-state index in [0.717, 1.165) is 16.0 Å². The number of aryl methyl sites for hydroxylation is 2. The first-order valence-corrected chi connectivity index (χ1v) is 8.33. The van der Waals surface area contributed by atoms with Crippen LogP contribution in [0.2, 0.25) is 0 Å². The maximum Gasteiger partial charge on any atom is 0.326 e. The van der Waals surface area contributed by atoms with Gasteiger partial charge < -0.3 is 15.4 Å². The predicted octanol–water partition coefficient (Wildman–Crippen LogP) is 1.51. The maximum absolute atomic E-state index is 12.2. The zero-order chi connectivity index (χ0) is 19.5. The van der Waals surface area contributed by atoms with Crippen LogP contribution in [0.15, 0.2) is 18.2 Å². The van der Waals surface area contributed by atoms with Crippen molar-refractivity contribution in [1.82, 2.24) is 10.2 Å². The van der Waals surface area contributed by atoms with E-state index in [9.17, 15) is 19.2 Å². The van der Waals surface area contributed by atoms with Crippen molar-refractivity contribution in [2.24, 2.45) is 0 Å². The summed E-state index contributed by atoms with van der Waals surface area (Å²) in [4.78, 5) is 48.6. The minimum Gasteiger partial charge on any atom is -0.454 e. The Hall–Kier alpha value is -2.90. The van der Waals surface area contributed by atoms with Crippen molar-refractivity contribution in [2.75, 3.05) is 18.5 Å². The van der Waals surface area contributed by atoms with Crippen LogP contribution >= 0.6 is 0 Å². The minimum atomic E-state index is -1.02. The second kappa shape index (κ2) is 7.55. The van der Waals surface area contributed by atoms with Crippen LogP contribution in [0.25, 0.3) is 0 Å². The summed E-state index contributed by atoms with van der Waals surface area (Å²) in [5.41, 5.74) is 1.71. The van der Waals surface area contributed by atoms with Gasteiger partial charge in [0.15, 0.2) is 6.61 Å². The molecule has 0 unspecified atom stereocenters. The highest BCUT2D eigenvalue weighted by Crippen LogP contribution is 2.20. The third-order valence-electron chi connectivity index (χ3n) is 4.49. The zero-order valence-corrected chi connectivity index (χ0v) is 15.3. The molecule has 4 amide bonds. The van der Waals surface area contributed by atoms with E-state index >= 15 is 0 Å². The van der Waals surface area contributed by atoms with Gasteiger partial charge in [-0.15, -0.1) is 0 Å². The van der Waals surface area contributed by atoms with E-state index in [1.807, 2.05) is 26.0 Å². The molecule has 8 heteroatoms. The highest BCUT2D eigenvalue weighted by atomic mass is 16.5. The number of imide groups is 1. The van der Waals surface area contributed by atoms with Crippen LogP contribution in [-0.4, -0.2) is 47.4 Å². The monoisotopic (exact) mass is 361 g/mol. The van der Waals surface area contributed by atoms with Gasteiger partial charge in [0, 0.05) is 5.69 Å². The Balaban J connectivity index is 1.85. The fourth-order valence-electron chi connectivity index (χ4n) is 2.47. The fourth-order valence-corrected chi connectivity index (χ4v) is 2.47. The Morgan fingerprint density at radius 2 is 1.92 bits per heavy atom. The van der Waals surface area contributed by atoms with Gasteiger partial charge in [-0.3, -0.25) is 19.3 Å². The summed E-state index contributed by atoms with van der Waals surface area (Å²) in [5, 5.41) is 5.17. The number of rotatable bonds is 6. The molecule has 0 aromatic heterocycles. The van der Waals surface area contributed by atoms with Gasteiger partial charge in [-0.2, -0.15) is 0 Å². The van der Waals surface area contributed by atoms with Crippen molar-refractivity contribution in [3.8, 4) is 0 Å². The average molecular weight is 361 g/mol. The summed E-state index contributed by atoms with van der Waals surface area (Å²) in [7, 11) is 0. The standard InChI is InChI=1S/C18H23N3O5/c1-5-18(4)16(24)21(17(25)20-18)9-15(23)26-10-14(22)19-13-7-6-11(2)12(3)8-13/h6-8H,5,9-10H2,1-4H3,(H,19,22)(H,20,25)/t18-/m0/s1. The molecule has 26 heavy (non-hydrogen) atoms. The third-order valence-corrected chi connectivity index (χ3v) is 4.49. The Bertz CT molecular complexity index is 761. The quantitative estimate of drug-likeness (QED) is 0.590. The highest BCUT2D eigenvalue weighted by molar-refractivity contribution is 6.08. The number of carbonyl (C=O) groups excluding carboxylic acids is 4. The van der Waals surface area contributed by atoms with Crippen LogP contribution in [0.3, 0.4) is 0 Å². The SMILES string of the molecule is CC[C@]1(C)NC(=O)N(CC(=O)OCC(=O)Nc2ccc(C)c(C)c2)C1=O. The molecule has 0 saturated carbocycles. The zero-order valence-electron chi connectivity index (χ0n) is 15.3. The van der Waals surface area contributed by atoms with E-state index in [1.54, 1.807) is 19.9 Å². The number of hydrogen-bond acceptors (Lipinski definition) is 5. The smallest absolute Gasteiger partial charge is 0.326 e. The maximum atomic E-state index is 12.2. The van der Waals surface area contributed by atoms with E-state index in [0.29, 0.717) is 12.1 Å². The normalized spacial score (nSPS) is 19.3. The number of nitrogens with one attached hydrogen (secondary N) is 2. The molecule has 1 aromatic carbocycles. The molecule has 0 radical (unpaired) electrons. The van der Waals surface area contributed by atoms with E-state index < -0.39 is 42.5 Å². The molecule has 1 aromatic rings. The van der Waals surface area contributed by atoms with Gasteiger partial charge in [-0.05, 0) is 50.5 Å². The van der Waals surface area contributed by atoms with Crippen molar-refractivity contribution < 1.29 is 23.9 Å². The van der Waals surface area contributed by atoms with Crippen molar-refractivity contribution in [2.45, 2.75) is 39.7 Å². The number of benzene rings is 1.